The number of amides is 1. The molecule has 2 heteroatoms. The lowest BCUT2D eigenvalue weighted by Gasteiger charge is -2.35. The molecule has 0 spiro atoms. The van der Waals surface area contributed by atoms with Crippen LogP contribution in [-0.4, -0.2) is 22.9 Å². The first-order valence-electron chi connectivity index (χ1n) is 8.18. The van der Waals surface area contributed by atoms with Gasteiger partial charge in [-0.05, 0) is 52.5 Å². The van der Waals surface area contributed by atoms with E-state index in [9.17, 15) is 4.79 Å². The second-order valence-corrected chi connectivity index (χ2v) is 6.65. The molecule has 0 radical (unpaired) electrons. The first kappa shape index (κ1) is 17.7. The predicted octanol–water partition coefficient (Wildman–Crippen LogP) is 4.77. The third-order valence-corrected chi connectivity index (χ3v) is 4.27. The van der Waals surface area contributed by atoms with Crippen molar-refractivity contribution in [3.63, 3.8) is 0 Å². The highest BCUT2D eigenvalue weighted by Crippen LogP contribution is 2.30. The molecule has 0 aliphatic carbocycles. The van der Waals surface area contributed by atoms with E-state index in [4.69, 9.17) is 0 Å². The van der Waals surface area contributed by atoms with Crippen LogP contribution in [-0.2, 0) is 4.79 Å². The van der Waals surface area contributed by atoms with E-state index in [1.807, 2.05) is 4.90 Å². The largest absolute Gasteiger partial charge is 0.338 e. The fraction of sp³-hybridized carbons (Fsp3) is 0.632. The lowest BCUT2D eigenvalue weighted by Crippen LogP contribution is -2.45. The molecule has 21 heavy (non-hydrogen) atoms. The molecule has 1 amide bonds. The van der Waals surface area contributed by atoms with Crippen molar-refractivity contribution in [3.8, 4) is 0 Å². The van der Waals surface area contributed by atoms with Crippen LogP contribution >= 0.6 is 0 Å². The zero-order valence-electron chi connectivity index (χ0n) is 14.7. The van der Waals surface area contributed by atoms with Crippen molar-refractivity contribution in [1.82, 2.24) is 4.90 Å². The summed E-state index contributed by atoms with van der Waals surface area (Å²) in [6.45, 7) is 14.7. The SMILES string of the molecule is CCC(c1cccc(C)c1)C(C)C(=O)N(C(C)C)C(C)C. The van der Waals surface area contributed by atoms with E-state index in [1.54, 1.807) is 0 Å². The van der Waals surface area contributed by atoms with Crippen molar-refractivity contribution in [1.29, 1.82) is 0 Å². The molecule has 1 aromatic rings. The zero-order valence-corrected chi connectivity index (χ0v) is 14.7. The Morgan fingerprint density at radius 2 is 1.67 bits per heavy atom. The fourth-order valence-electron chi connectivity index (χ4n) is 3.29. The molecule has 1 aromatic carbocycles. The van der Waals surface area contributed by atoms with Crippen molar-refractivity contribution in [2.75, 3.05) is 0 Å². The highest BCUT2D eigenvalue weighted by Gasteiger charge is 2.30. The minimum absolute atomic E-state index is 0.0154. The Morgan fingerprint density at radius 1 is 1.10 bits per heavy atom. The average molecular weight is 289 g/mol. The smallest absolute Gasteiger partial charge is 0.226 e. The van der Waals surface area contributed by atoms with Crippen LogP contribution in [0.5, 0.6) is 0 Å². The molecule has 2 unspecified atom stereocenters. The van der Waals surface area contributed by atoms with Gasteiger partial charge in [0.15, 0.2) is 0 Å². The maximum absolute atomic E-state index is 12.9. The third-order valence-electron chi connectivity index (χ3n) is 4.27. The molecule has 2 nitrogen and oxygen atoms in total. The Kier molecular flexibility index (Phi) is 6.44. The first-order valence-corrected chi connectivity index (χ1v) is 8.18. The van der Waals surface area contributed by atoms with E-state index in [-0.39, 0.29) is 29.8 Å². The molecule has 0 heterocycles. The van der Waals surface area contributed by atoms with E-state index in [1.165, 1.54) is 11.1 Å². The highest BCUT2D eigenvalue weighted by atomic mass is 16.2. The van der Waals surface area contributed by atoms with Gasteiger partial charge in [0, 0.05) is 18.0 Å². The second kappa shape index (κ2) is 7.63. The molecule has 2 atom stereocenters. The predicted molar refractivity (Wildman–Crippen MR) is 90.5 cm³/mol. The van der Waals surface area contributed by atoms with Gasteiger partial charge in [0.2, 0.25) is 5.91 Å². The quantitative estimate of drug-likeness (QED) is 0.738. The summed E-state index contributed by atoms with van der Waals surface area (Å²) in [6.07, 6.45) is 0.986. The molecule has 1 rings (SSSR count). The van der Waals surface area contributed by atoms with Crippen molar-refractivity contribution in [2.24, 2.45) is 5.92 Å². The van der Waals surface area contributed by atoms with Gasteiger partial charge in [-0.15, -0.1) is 0 Å². The minimum atomic E-state index is 0.0154. The molecule has 0 aliphatic rings. The Balaban J connectivity index is 3.02. The number of rotatable bonds is 6. The Bertz CT molecular complexity index is 456. The van der Waals surface area contributed by atoms with E-state index in [0.717, 1.165) is 6.42 Å². The topological polar surface area (TPSA) is 20.3 Å². The van der Waals surface area contributed by atoms with E-state index in [2.05, 4.69) is 72.7 Å². The van der Waals surface area contributed by atoms with Gasteiger partial charge in [-0.25, -0.2) is 0 Å². The maximum atomic E-state index is 12.9. The number of hydrogen-bond donors (Lipinski definition) is 0. The summed E-state index contributed by atoms with van der Waals surface area (Å²) in [4.78, 5) is 14.9. The van der Waals surface area contributed by atoms with E-state index in [0.29, 0.717) is 0 Å². The van der Waals surface area contributed by atoms with Gasteiger partial charge in [-0.1, -0.05) is 43.7 Å². The summed E-state index contributed by atoms with van der Waals surface area (Å²) >= 11 is 0. The number of carbonyl (C=O) groups is 1. The van der Waals surface area contributed by atoms with Crippen LogP contribution < -0.4 is 0 Å². The van der Waals surface area contributed by atoms with Crippen LogP contribution in [0.15, 0.2) is 24.3 Å². The van der Waals surface area contributed by atoms with Crippen LogP contribution in [0.2, 0.25) is 0 Å². The summed E-state index contributed by atoms with van der Waals surface area (Å²) in [6, 6.07) is 9.06. The van der Waals surface area contributed by atoms with Gasteiger partial charge in [-0.2, -0.15) is 0 Å². The molecule has 0 saturated heterocycles. The lowest BCUT2D eigenvalue weighted by molar-refractivity contribution is -0.139. The Morgan fingerprint density at radius 3 is 2.10 bits per heavy atom. The van der Waals surface area contributed by atoms with Crippen LogP contribution in [0.1, 0.15) is 65.0 Å². The summed E-state index contributed by atoms with van der Waals surface area (Å²) in [7, 11) is 0. The van der Waals surface area contributed by atoms with E-state index >= 15 is 0 Å². The third kappa shape index (κ3) is 4.33. The zero-order chi connectivity index (χ0) is 16.2. The van der Waals surface area contributed by atoms with Gasteiger partial charge in [0.25, 0.3) is 0 Å². The maximum Gasteiger partial charge on any atom is 0.226 e. The molecule has 0 aliphatic heterocycles. The summed E-state index contributed by atoms with van der Waals surface area (Å²) < 4.78 is 0. The van der Waals surface area contributed by atoms with Gasteiger partial charge >= 0.3 is 0 Å². The summed E-state index contributed by atoms with van der Waals surface area (Å²) in [5.74, 6) is 0.576. The van der Waals surface area contributed by atoms with Crippen molar-refractivity contribution >= 4 is 5.91 Å². The van der Waals surface area contributed by atoms with Crippen LogP contribution in [0.3, 0.4) is 0 Å². The standard InChI is InChI=1S/C19H31NO/c1-8-18(17-11-9-10-15(6)12-17)16(7)19(21)20(13(2)3)14(4)5/h9-14,16,18H,8H2,1-7H3. The van der Waals surface area contributed by atoms with Gasteiger partial charge in [-0.3, -0.25) is 4.79 Å². The van der Waals surface area contributed by atoms with Gasteiger partial charge in [0.05, 0.1) is 0 Å². The summed E-state index contributed by atoms with van der Waals surface area (Å²) in [5, 5.41) is 0. The first-order chi connectivity index (χ1) is 9.79. The second-order valence-electron chi connectivity index (χ2n) is 6.65. The number of aryl methyl sites for hydroxylation is 1. The molecule has 0 bridgehead atoms. The van der Waals surface area contributed by atoms with Gasteiger partial charge in [0.1, 0.15) is 0 Å². The molecule has 0 saturated carbocycles. The van der Waals surface area contributed by atoms with Crippen molar-refractivity contribution in [3.05, 3.63) is 35.4 Å². The van der Waals surface area contributed by atoms with Crippen LogP contribution in [0.25, 0.3) is 0 Å². The van der Waals surface area contributed by atoms with Gasteiger partial charge < -0.3 is 4.90 Å². The molecule has 0 fully saturated rings. The normalized spacial score (nSPS) is 14.3. The minimum Gasteiger partial charge on any atom is -0.338 e. The van der Waals surface area contributed by atoms with Crippen molar-refractivity contribution < 1.29 is 4.79 Å². The summed E-state index contributed by atoms with van der Waals surface area (Å²) in [5.41, 5.74) is 2.54. The highest BCUT2D eigenvalue weighted by molar-refractivity contribution is 5.80. The van der Waals surface area contributed by atoms with Crippen molar-refractivity contribution in [2.45, 2.75) is 72.9 Å². The molecular formula is C19H31NO. The van der Waals surface area contributed by atoms with Crippen LogP contribution in [0.4, 0.5) is 0 Å². The lowest BCUT2D eigenvalue weighted by atomic mass is 9.83. The molecule has 118 valence electrons. The number of carbonyl (C=O) groups excluding carboxylic acids is 1. The van der Waals surface area contributed by atoms with E-state index < -0.39 is 0 Å². The Labute approximate surface area is 130 Å². The number of hydrogen-bond acceptors (Lipinski definition) is 1. The fourth-order valence-corrected chi connectivity index (χ4v) is 3.29. The number of benzene rings is 1. The van der Waals surface area contributed by atoms with Crippen LogP contribution in [0, 0.1) is 12.8 Å². The Hall–Kier alpha value is -1.31. The molecule has 0 N–H and O–H groups in total. The number of nitrogens with zero attached hydrogens (tertiary/aromatic N) is 1. The monoisotopic (exact) mass is 289 g/mol. The average Bonchev–Trinajstić information content (AvgIpc) is 2.38. The molecular weight excluding hydrogens is 258 g/mol. The molecule has 0 aromatic heterocycles.